The smallest absolute Gasteiger partial charge is 0.0659 e. The minimum Gasteiger partial charge on any atom is -0.310 e. The van der Waals surface area contributed by atoms with Crippen LogP contribution in [0, 0.1) is 2.88 Å². The first kappa shape index (κ1) is 12.8. The Morgan fingerprint density at radius 1 is 1.50 bits per heavy atom. The Bertz CT molecular complexity index is 335. The second-order valence-electron chi connectivity index (χ2n) is 4.54. The van der Waals surface area contributed by atoms with Crippen LogP contribution in [0.4, 0.5) is 0 Å². The Morgan fingerprint density at radius 2 is 2.38 bits per heavy atom. The molecule has 1 aliphatic rings. The second kappa shape index (κ2) is 6.36. The molecule has 0 saturated carbocycles. The summed E-state index contributed by atoms with van der Waals surface area (Å²) in [4.78, 5) is 1.63. The Hall–Kier alpha value is 0.390. The van der Waals surface area contributed by atoms with Crippen molar-refractivity contribution in [2.75, 3.05) is 6.54 Å². The Balaban J connectivity index is 1.91. The Morgan fingerprint density at radius 3 is 3.19 bits per heavy atom. The molecule has 0 aliphatic heterocycles. The average Bonchev–Trinajstić information content (AvgIpc) is 2.65. The SMILES string of the molecule is CCCCCNC1CCCc2sc(I)cc21. The van der Waals surface area contributed by atoms with Crippen LogP contribution in [0.2, 0.25) is 0 Å². The molecule has 0 radical (unpaired) electrons. The summed E-state index contributed by atoms with van der Waals surface area (Å²) >= 11 is 4.44. The quantitative estimate of drug-likeness (QED) is 0.609. The van der Waals surface area contributed by atoms with E-state index in [2.05, 4.69) is 40.9 Å². The van der Waals surface area contributed by atoms with Gasteiger partial charge in [0.05, 0.1) is 2.88 Å². The van der Waals surface area contributed by atoms with Gasteiger partial charge in [0, 0.05) is 10.9 Å². The molecular weight excluding hydrogens is 329 g/mol. The number of fused-ring (bicyclic) bond motifs is 1. The Labute approximate surface area is 116 Å². The van der Waals surface area contributed by atoms with E-state index in [-0.39, 0.29) is 0 Å². The van der Waals surface area contributed by atoms with Crippen LogP contribution in [0.1, 0.15) is 55.5 Å². The van der Waals surface area contributed by atoms with Gasteiger partial charge in [0.1, 0.15) is 0 Å². The molecule has 1 nitrogen and oxygen atoms in total. The van der Waals surface area contributed by atoms with Crippen molar-refractivity contribution in [1.82, 2.24) is 5.32 Å². The molecule has 1 aromatic rings. The zero-order valence-electron chi connectivity index (χ0n) is 9.89. The van der Waals surface area contributed by atoms with E-state index in [1.807, 2.05) is 11.3 Å². The maximum atomic E-state index is 3.73. The van der Waals surface area contributed by atoms with Gasteiger partial charge in [-0.15, -0.1) is 11.3 Å². The Kier molecular flexibility index (Phi) is 5.10. The van der Waals surface area contributed by atoms with Gasteiger partial charge in [-0.1, -0.05) is 19.8 Å². The van der Waals surface area contributed by atoms with Gasteiger partial charge in [0.25, 0.3) is 0 Å². The normalized spacial score (nSPS) is 19.8. The van der Waals surface area contributed by atoms with E-state index in [9.17, 15) is 0 Å². The highest BCUT2D eigenvalue weighted by atomic mass is 127. The number of rotatable bonds is 5. The minimum atomic E-state index is 0.639. The van der Waals surface area contributed by atoms with Crippen molar-refractivity contribution in [3.63, 3.8) is 0 Å². The molecule has 3 heteroatoms. The topological polar surface area (TPSA) is 12.0 Å². The molecule has 0 aromatic carbocycles. The molecule has 0 saturated heterocycles. The van der Waals surface area contributed by atoms with E-state index in [0.29, 0.717) is 6.04 Å². The highest BCUT2D eigenvalue weighted by molar-refractivity contribution is 14.1. The highest BCUT2D eigenvalue weighted by Crippen LogP contribution is 2.36. The first-order chi connectivity index (χ1) is 7.81. The first-order valence-electron chi connectivity index (χ1n) is 6.32. The van der Waals surface area contributed by atoms with Crippen LogP contribution < -0.4 is 5.32 Å². The largest absolute Gasteiger partial charge is 0.310 e. The molecular formula is C13H20INS. The van der Waals surface area contributed by atoms with Crippen molar-refractivity contribution >= 4 is 33.9 Å². The number of halogens is 1. The van der Waals surface area contributed by atoms with Crippen LogP contribution in [0.5, 0.6) is 0 Å². The van der Waals surface area contributed by atoms with E-state index < -0.39 is 0 Å². The van der Waals surface area contributed by atoms with E-state index in [1.54, 1.807) is 10.4 Å². The number of nitrogens with one attached hydrogen (secondary N) is 1. The van der Waals surface area contributed by atoms with Gasteiger partial charge in [-0.25, -0.2) is 0 Å². The summed E-state index contributed by atoms with van der Waals surface area (Å²) in [7, 11) is 0. The fourth-order valence-electron chi connectivity index (χ4n) is 2.38. The van der Waals surface area contributed by atoms with Crippen molar-refractivity contribution < 1.29 is 0 Å². The predicted molar refractivity (Wildman–Crippen MR) is 80.2 cm³/mol. The third-order valence-corrected chi connectivity index (χ3v) is 5.23. The molecule has 16 heavy (non-hydrogen) atoms. The van der Waals surface area contributed by atoms with E-state index in [0.717, 1.165) is 0 Å². The molecule has 0 spiro atoms. The van der Waals surface area contributed by atoms with Crippen molar-refractivity contribution in [3.05, 3.63) is 19.4 Å². The molecule has 0 bridgehead atoms. The molecule has 1 aromatic heterocycles. The van der Waals surface area contributed by atoms with Crippen LogP contribution in [0.3, 0.4) is 0 Å². The molecule has 1 N–H and O–H groups in total. The number of hydrogen-bond donors (Lipinski definition) is 1. The van der Waals surface area contributed by atoms with Crippen LogP contribution in [-0.2, 0) is 6.42 Å². The molecule has 0 fully saturated rings. The van der Waals surface area contributed by atoms with Gasteiger partial charge in [-0.3, -0.25) is 0 Å². The van der Waals surface area contributed by atoms with Crippen molar-refractivity contribution in [2.45, 2.75) is 51.5 Å². The summed E-state index contributed by atoms with van der Waals surface area (Å²) in [5.41, 5.74) is 1.59. The maximum absolute atomic E-state index is 3.73. The molecule has 1 unspecified atom stereocenters. The lowest BCUT2D eigenvalue weighted by Crippen LogP contribution is -2.25. The van der Waals surface area contributed by atoms with Gasteiger partial charge in [0.15, 0.2) is 0 Å². The lowest BCUT2D eigenvalue weighted by Gasteiger charge is -2.23. The van der Waals surface area contributed by atoms with Gasteiger partial charge < -0.3 is 5.32 Å². The van der Waals surface area contributed by atoms with Gasteiger partial charge in [-0.05, 0) is 66.4 Å². The lowest BCUT2D eigenvalue weighted by atomic mass is 9.94. The monoisotopic (exact) mass is 349 g/mol. The van der Waals surface area contributed by atoms with Crippen molar-refractivity contribution in [1.29, 1.82) is 0 Å². The molecule has 1 heterocycles. The molecule has 1 atom stereocenters. The standard InChI is InChI=1S/C13H20INS/c1-2-3-4-8-15-11-6-5-7-12-10(11)9-13(14)16-12/h9,11,15H,2-8H2,1H3. The highest BCUT2D eigenvalue weighted by Gasteiger charge is 2.21. The number of unbranched alkanes of at least 4 members (excludes halogenated alkanes) is 2. The zero-order chi connectivity index (χ0) is 11.4. The summed E-state index contributed by atoms with van der Waals surface area (Å²) in [6, 6.07) is 3.03. The molecule has 2 rings (SSSR count). The minimum absolute atomic E-state index is 0.639. The molecule has 1 aliphatic carbocycles. The van der Waals surface area contributed by atoms with Crippen LogP contribution in [0.15, 0.2) is 6.07 Å². The third-order valence-electron chi connectivity index (χ3n) is 3.25. The summed E-state index contributed by atoms with van der Waals surface area (Å²) in [6.07, 6.45) is 7.97. The third kappa shape index (κ3) is 3.20. The maximum Gasteiger partial charge on any atom is 0.0659 e. The summed E-state index contributed by atoms with van der Waals surface area (Å²) in [5, 5.41) is 3.73. The summed E-state index contributed by atoms with van der Waals surface area (Å²) in [5.74, 6) is 0. The van der Waals surface area contributed by atoms with Gasteiger partial charge in [0.2, 0.25) is 0 Å². The number of hydrogen-bond acceptors (Lipinski definition) is 2. The second-order valence-corrected chi connectivity index (χ2v) is 7.57. The summed E-state index contributed by atoms with van der Waals surface area (Å²) < 4.78 is 1.45. The first-order valence-corrected chi connectivity index (χ1v) is 8.22. The van der Waals surface area contributed by atoms with E-state index >= 15 is 0 Å². The van der Waals surface area contributed by atoms with Gasteiger partial charge >= 0.3 is 0 Å². The van der Waals surface area contributed by atoms with Crippen molar-refractivity contribution in [2.24, 2.45) is 0 Å². The van der Waals surface area contributed by atoms with Crippen LogP contribution >= 0.6 is 33.9 Å². The lowest BCUT2D eigenvalue weighted by molar-refractivity contribution is 0.455. The van der Waals surface area contributed by atoms with Gasteiger partial charge in [-0.2, -0.15) is 0 Å². The number of aryl methyl sites for hydroxylation is 1. The van der Waals surface area contributed by atoms with E-state index in [1.165, 1.54) is 48.0 Å². The van der Waals surface area contributed by atoms with Crippen molar-refractivity contribution in [3.8, 4) is 0 Å². The van der Waals surface area contributed by atoms with Crippen LogP contribution in [0.25, 0.3) is 0 Å². The number of thiophene rings is 1. The van der Waals surface area contributed by atoms with Crippen LogP contribution in [-0.4, -0.2) is 6.54 Å². The summed E-state index contributed by atoms with van der Waals surface area (Å²) in [6.45, 7) is 3.45. The molecule has 90 valence electrons. The van der Waals surface area contributed by atoms with E-state index in [4.69, 9.17) is 0 Å². The molecule has 0 amide bonds. The fraction of sp³-hybridized carbons (Fsp3) is 0.692. The predicted octanol–water partition coefficient (Wildman–Crippen LogP) is 4.51. The zero-order valence-corrected chi connectivity index (χ0v) is 12.9. The average molecular weight is 349 g/mol. The fourth-order valence-corrected chi connectivity index (χ4v) is 4.50.